The van der Waals surface area contributed by atoms with Gasteiger partial charge >= 0.3 is 0 Å². The summed E-state index contributed by atoms with van der Waals surface area (Å²) in [5.41, 5.74) is 4.14. The van der Waals surface area contributed by atoms with Crippen LogP contribution in [0.3, 0.4) is 0 Å². The summed E-state index contributed by atoms with van der Waals surface area (Å²) in [4.78, 5) is 9.27. The Kier molecular flexibility index (Phi) is 5.58. The van der Waals surface area contributed by atoms with Gasteiger partial charge in [-0.25, -0.2) is 14.6 Å². The molecule has 1 spiro atoms. The van der Waals surface area contributed by atoms with E-state index in [1.54, 1.807) is 13.4 Å². The Bertz CT molecular complexity index is 1290. The third-order valence-corrected chi connectivity index (χ3v) is 6.38. The zero-order chi connectivity index (χ0) is 22.8. The molecule has 2 aromatic heterocycles. The van der Waals surface area contributed by atoms with Gasteiger partial charge in [0.2, 0.25) is 0 Å². The first-order chi connectivity index (χ1) is 16.1. The second-order valence-electron chi connectivity index (χ2n) is 8.84. The van der Waals surface area contributed by atoms with Crippen LogP contribution in [0.15, 0.2) is 66.7 Å². The second-order valence-corrected chi connectivity index (χ2v) is 8.84. The van der Waals surface area contributed by atoms with Crippen LogP contribution in [0, 0.1) is 6.92 Å². The molecule has 0 fully saturated rings. The normalized spacial score (nSPS) is 23.5. The Balaban J connectivity index is 1.43. The predicted molar refractivity (Wildman–Crippen MR) is 131 cm³/mol. The first-order valence-electron chi connectivity index (χ1n) is 11.4. The molecule has 1 aliphatic heterocycles. The smallest absolute Gasteiger partial charge is 0.174 e. The minimum absolute atomic E-state index is 0.0845. The molecule has 1 unspecified atom stereocenters. The standard InChI is InChI=1S/C27H29N5O/c1-20-7-4-13-27(14-5-8-20)15-6-16-32-26(27)29-25(30-32)12-10-22-9-11-23(24(17-22)33-3)31-18-21(2)28-19-31/h4-5,7-13,17-19H,6,14-16H2,1-3H3/b8-5-,12-10+,13-4+,20-7-. The average Bonchev–Trinajstić information content (AvgIpc) is 3.43. The van der Waals surface area contributed by atoms with Gasteiger partial charge in [-0.2, -0.15) is 5.10 Å². The number of aryl methyl sites for hydroxylation is 2. The van der Waals surface area contributed by atoms with Gasteiger partial charge in [-0.3, -0.25) is 0 Å². The SMILES string of the molecule is COc1cc(/C=C/c2nc3n(n2)CCCC32/C=C/C=C(C)\C=C/C2)ccc1-n1cnc(C)c1. The van der Waals surface area contributed by atoms with E-state index in [0.717, 1.165) is 60.2 Å². The molecular formula is C27H29N5O. The molecule has 6 nitrogen and oxygen atoms in total. The van der Waals surface area contributed by atoms with Crippen molar-refractivity contribution in [3.05, 3.63) is 89.6 Å². The van der Waals surface area contributed by atoms with Crippen molar-refractivity contribution in [2.45, 2.75) is 45.1 Å². The van der Waals surface area contributed by atoms with E-state index < -0.39 is 0 Å². The third kappa shape index (κ3) is 4.21. The summed E-state index contributed by atoms with van der Waals surface area (Å²) in [7, 11) is 1.69. The van der Waals surface area contributed by atoms with E-state index in [1.807, 2.05) is 42.0 Å². The van der Waals surface area contributed by atoms with Gasteiger partial charge in [0, 0.05) is 12.7 Å². The molecule has 0 bridgehead atoms. The molecule has 1 aliphatic carbocycles. The molecule has 3 heterocycles. The lowest BCUT2D eigenvalue weighted by molar-refractivity contribution is 0.346. The van der Waals surface area contributed by atoms with Crippen LogP contribution < -0.4 is 4.74 Å². The minimum Gasteiger partial charge on any atom is -0.495 e. The maximum absolute atomic E-state index is 5.64. The number of ether oxygens (including phenoxy) is 1. The minimum atomic E-state index is -0.0845. The molecular weight excluding hydrogens is 410 g/mol. The number of imidazole rings is 1. The lowest BCUT2D eigenvalue weighted by atomic mass is 9.76. The molecule has 168 valence electrons. The van der Waals surface area contributed by atoms with Gasteiger partial charge in [-0.05, 0) is 56.9 Å². The van der Waals surface area contributed by atoms with E-state index in [1.165, 1.54) is 5.57 Å². The molecule has 0 saturated carbocycles. The van der Waals surface area contributed by atoms with Crippen molar-refractivity contribution < 1.29 is 4.74 Å². The third-order valence-electron chi connectivity index (χ3n) is 6.38. The van der Waals surface area contributed by atoms with Gasteiger partial charge in [0.25, 0.3) is 0 Å². The summed E-state index contributed by atoms with van der Waals surface area (Å²) < 4.78 is 9.70. The highest BCUT2D eigenvalue weighted by molar-refractivity contribution is 5.69. The highest BCUT2D eigenvalue weighted by Gasteiger charge is 2.36. The Morgan fingerprint density at radius 3 is 2.91 bits per heavy atom. The summed E-state index contributed by atoms with van der Waals surface area (Å²) in [5.74, 6) is 2.59. The summed E-state index contributed by atoms with van der Waals surface area (Å²) in [5, 5.41) is 4.80. The van der Waals surface area contributed by atoms with Crippen LogP contribution >= 0.6 is 0 Å². The van der Waals surface area contributed by atoms with E-state index in [2.05, 4.69) is 53.0 Å². The molecule has 3 aromatic rings. The number of allylic oxidation sites excluding steroid dienone is 6. The van der Waals surface area contributed by atoms with Crippen molar-refractivity contribution >= 4 is 12.2 Å². The number of rotatable bonds is 4. The second kappa shape index (κ2) is 8.70. The number of methoxy groups -OCH3 is 1. The van der Waals surface area contributed by atoms with Gasteiger partial charge in [-0.15, -0.1) is 0 Å². The summed E-state index contributed by atoms with van der Waals surface area (Å²) >= 11 is 0. The topological polar surface area (TPSA) is 57.8 Å². The average molecular weight is 440 g/mol. The molecule has 0 amide bonds. The molecule has 6 heteroatoms. The first-order valence-corrected chi connectivity index (χ1v) is 11.4. The van der Waals surface area contributed by atoms with Crippen LogP contribution in [-0.4, -0.2) is 31.4 Å². The van der Waals surface area contributed by atoms with Crippen LogP contribution in [0.1, 0.15) is 49.1 Å². The largest absolute Gasteiger partial charge is 0.495 e. The van der Waals surface area contributed by atoms with Crippen molar-refractivity contribution in [1.29, 1.82) is 0 Å². The van der Waals surface area contributed by atoms with Gasteiger partial charge in [0.1, 0.15) is 11.6 Å². The molecule has 5 rings (SSSR count). The number of hydrogen-bond donors (Lipinski definition) is 0. The Morgan fingerprint density at radius 1 is 1.18 bits per heavy atom. The Morgan fingerprint density at radius 2 is 2.09 bits per heavy atom. The van der Waals surface area contributed by atoms with Crippen molar-refractivity contribution in [2.24, 2.45) is 0 Å². The lowest BCUT2D eigenvalue weighted by Gasteiger charge is -2.33. The van der Waals surface area contributed by atoms with E-state index in [9.17, 15) is 0 Å². The number of nitrogens with zero attached hydrogens (tertiary/aromatic N) is 5. The molecule has 1 aromatic carbocycles. The monoisotopic (exact) mass is 439 g/mol. The Labute approximate surface area is 194 Å². The van der Waals surface area contributed by atoms with Gasteiger partial charge in [0.05, 0.1) is 30.2 Å². The van der Waals surface area contributed by atoms with E-state index in [4.69, 9.17) is 14.8 Å². The zero-order valence-electron chi connectivity index (χ0n) is 19.4. The fourth-order valence-electron chi connectivity index (χ4n) is 4.66. The predicted octanol–water partition coefficient (Wildman–Crippen LogP) is 5.45. The van der Waals surface area contributed by atoms with Crippen molar-refractivity contribution in [1.82, 2.24) is 24.3 Å². The molecule has 33 heavy (non-hydrogen) atoms. The van der Waals surface area contributed by atoms with E-state index in [0.29, 0.717) is 0 Å². The Hall–Kier alpha value is -3.67. The van der Waals surface area contributed by atoms with E-state index >= 15 is 0 Å². The fraction of sp³-hybridized carbons (Fsp3) is 0.296. The van der Waals surface area contributed by atoms with Gasteiger partial charge in [-0.1, -0.05) is 48.1 Å². The summed E-state index contributed by atoms with van der Waals surface area (Å²) in [6.07, 6.45) is 22.1. The highest BCUT2D eigenvalue weighted by atomic mass is 16.5. The lowest BCUT2D eigenvalue weighted by Crippen LogP contribution is -2.32. The number of aromatic nitrogens is 5. The fourth-order valence-corrected chi connectivity index (χ4v) is 4.66. The van der Waals surface area contributed by atoms with Crippen LogP contribution in [0.4, 0.5) is 0 Å². The number of benzene rings is 1. The summed E-state index contributed by atoms with van der Waals surface area (Å²) in [6, 6.07) is 6.13. The van der Waals surface area contributed by atoms with Crippen molar-refractivity contribution in [2.75, 3.05) is 7.11 Å². The first kappa shape index (κ1) is 21.2. The molecule has 0 N–H and O–H groups in total. The van der Waals surface area contributed by atoms with Crippen molar-refractivity contribution in [3.8, 4) is 11.4 Å². The number of fused-ring (bicyclic) bond motifs is 2. The van der Waals surface area contributed by atoms with Crippen LogP contribution in [0.25, 0.3) is 17.8 Å². The van der Waals surface area contributed by atoms with Gasteiger partial charge in [0.15, 0.2) is 5.82 Å². The maximum atomic E-state index is 5.64. The molecule has 2 aliphatic rings. The highest BCUT2D eigenvalue weighted by Crippen LogP contribution is 2.38. The molecule has 0 saturated heterocycles. The van der Waals surface area contributed by atoms with Gasteiger partial charge < -0.3 is 9.30 Å². The summed E-state index contributed by atoms with van der Waals surface area (Å²) in [6.45, 7) is 5.02. The zero-order valence-corrected chi connectivity index (χ0v) is 19.4. The molecule has 1 atom stereocenters. The van der Waals surface area contributed by atoms with Crippen LogP contribution in [0.5, 0.6) is 5.75 Å². The molecule has 0 radical (unpaired) electrons. The van der Waals surface area contributed by atoms with E-state index in [-0.39, 0.29) is 5.41 Å². The number of hydrogen-bond acceptors (Lipinski definition) is 4. The maximum Gasteiger partial charge on any atom is 0.174 e. The quantitative estimate of drug-likeness (QED) is 0.543. The van der Waals surface area contributed by atoms with Crippen molar-refractivity contribution in [3.63, 3.8) is 0 Å². The van der Waals surface area contributed by atoms with Crippen LogP contribution in [0.2, 0.25) is 0 Å². The van der Waals surface area contributed by atoms with Crippen LogP contribution in [-0.2, 0) is 12.0 Å².